The lowest BCUT2D eigenvalue weighted by molar-refractivity contribution is -0.137. The molecule has 0 bridgehead atoms. The van der Waals surface area contributed by atoms with E-state index < -0.39 is 12.0 Å². The maximum atomic E-state index is 13.3. The van der Waals surface area contributed by atoms with E-state index in [4.69, 9.17) is 10.8 Å². The summed E-state index contributed by atoms with van der Waals surface area (Å²) in [6, 6.07) is 5.23. The van der Waals surface area contributed by atoms with E-state index in [0.717, 1.165) is 10.6 Å². The molecule has 0 fully saturated rings. The van der Waals surface area contributed by atoms with Crippen molar-refractivity contribution in [3.05, 3.63) is 35.8 Å². The summed E-state index contributed by atoms with van der Waals surface area (Å²) in [4.78, 5) is 15.8. The molecule has 0 amide bonds. The monoisotopic (exact) mass is 280 g/mol. The second-order valence-electron chi connectivity index (χ2n) is 4.18. The van der Waals surface area contributed by atoms with Crippen LogP contribution in [0.25, 0.3) is 10.9 Å². The molecule has 0 saturated carbocycles. The summed E-state index contributed by atoms with van der Waals surface area (Å²) < 4.78 is 13.3. The smallest absolute Gasteiger partial charge is 0.321 e. The highest BCUT2D eigenvalue weighted by Gasteiger charge is 2.13. The van der Waals surface area contributed by atoms with E-state index in [1.807, 2.05) is 6.92 Å². The van der Waals surface area contributed by atoms with Gasteiger partial charge in [0.25, 0.3) is 0 Å². The third kappa shape index (κ3) is 3.21. The van der Waals surface area contributed by atoms with Crippen molar-refractivity contribution in [3.8, 4) is 0 Å². The molecule has 2 aromatic rings. The van der Waals surface area contributed by atoms with Crippen LogP contribution in [0.5, 0.6) is 0 Å². The van der Waals surface area contributed by atoms with Crippen LogP contribution < -0.4 is 5.73 Å². The highest BCUT2D eigenvalue weighted by molar-refractivity contribution is 7.99. The zero-order valence-electron chi connectivity index (χ0n) is 10.3. The SMILES string of the molecule is Cc1cc(SC[C@@H](N)C(=O)O)c2cc(F)ccc2n1. The molecule has 1 heterocycles. The number of hydrogen-bond acceptors (Lipinski definition) is 4. The summed E-state index contributed by atoms with van der Waals surface area (Å²) in [7, 11) is 0. The van der Waals surface area contributed by atoms with Crippen molar-refractivity contribution in [1.29, 1.82) is 0 Å². The molecule has 19 heavy (non-hydrogen) atoms. The number of nitrogens with zero attached hydrogens (tertiary/aromatic N) is 1. The molecular weight excluding hydrogens is 267 g/mol. The van der Waals surface area contributed by atoms with Gasteiger partial charge in [-0.05, 0) is 31.2 Å². The summed E-state index contributed by atoms with van der Waals surface area (Å²) in [5, 5.41) is 9.44. The van der Waals surface area contributed by atoms with Gasteiger partial charge in [0.05, 0.1) is 5.52 Å². The standard InChI is InChI=1S/C13H13FN2O2S/c1-7-4-12(19-6-10(15)13(17)18)9-5-8(14)2-3-11(9)16-7/h2-5,10H,6,15H2,1H3,(H,17,18)/t10-/m1/s1. The predicted octanol–water partition coefficient (Wildman–Crippen LogP) is 2.19. The van der Waals surface area contributed by atoms with E-state index in [9.17, 15) is 9.18 Å². The third-order valence-corrected chi connectivity index (χ3v) is 3.77. The fraction of sp³-hybridized carbons (Fsp3) is 0.231. The number of nitrogens with two attached hydrogens (primary N) is 1. The molecule has 0 spiro atoms. The quantitative estimate of drug-likeness (QED) is 0.840. The van der Waals surface area contributed by atoms with Crippen LogP contribution in [0.1, 0.15) is 5.69 Å². The van der Waals surface area contributed by atoms with Crippen LogP contribution in [-0.2, 0) is 4.79 Å². The largest absolute Gasteiger partial charge is 0.480 e. The number of hydrogen-bond donors (Lipinski definition) is 2. The normalized spacial score (nSPS) is 12.6. The van der Waals surface area contributed by atoms with E-state index >= 15 is 0 Å². The van der Waals surface area contributed by atoms with Crippen LogP contribution in [-0.4, -0.2) is 27.9 Å². The lowest BCUT2D eigenvalue weighted by atomic mass is 10.2. The molecule has 0 saturated heterocycles. The van der Waals surface area contributed by atoms with Crippen LogP contribution in [0.3, 0.4) is 0 Å². The average Bonchev–Trinajstić information content (AvgIpc) is 2.36. The van der Waals surface area contributed by atoms with E-state index in [2.05, 4.69) is 4.98 Å². The fourth-order valence-electron chi connectivity index (χ4n) is 1.66. The van der Waals surface area contributed by atoms with E-state index in [1.54, 1.807) is 12.1 Å². The van der Waals surface area contributed by atoms with Crippen molar-refractivity contribution in [2.24, 2.45) is 5.73 Å². The Hall–Kier alpha value is -1.66. The molecule has 1 aromatic carbocycles. The minimum Gasteiger partial charge on any atom is -0.480 e. The van der Waals surface area contributed by atoms with Crippen molar-refractivity contribution in [1.82, 2.24) is 4.98 Å². The van der Waals surface area contributed by atoms with Gasteiger partial charge in [-0.15, -0.1) is 11.8 Å². The van der Waals surface area contributed by atoms with Crippen molar-refractivity contribution in [3.63, 3.8) is 0 Å². The molecular formula is C13H13FN2O2S. The van der Waals surface area contributed by atoms with E-state index in [1.165, 1.54) is 23.9 Å². The van der Waals surface area contributed by atoms with Gasteiger partial charge in [-0.3, -0.25) is 9.78 Å². The molecule has 0 aliphatic heterocycles. The number of fused-ring (bicyclic) bond motifs is 1. The first kappa shape index (κ1) is 13.8. The van der Waals surface area contributed by atoms with Gasteiger partial charge < -0.3 is 10.8 Å². The van der Waals surface area contributed by atoms with Gasteiger partial charge in [-0.2, -0.15) is 0 Å². The van der Waals surface area contributed by atoms with Crippen molar-refractivity contribution < 1.29 is 14.3 Å². The van der Waals surface area contributed by atoms with Crippen molar-refractivity contribution >= 4 is 28.6 Å². The Kier molecular flexibility index (Phi) is 4.01. The molecule has 0 radical (unpaired) electrons. The first-order valence-electron chi connectivity index (χ1n) is 5.65. The molecule has 2 rings (SSSR count). The number of thioether (sulfide) groups is 1. The van der Waals surface area contributed by atoms with Gasteiger partial charge in [-0.1, -0.05) is 0 Å². The molecule has 4 nitrogen and oxygen atoms in total. The summed E-state index contributed by atoms with van der Waals surface area (Å²) in [5.41, 5.74) is 6.95. The Balaban J connectivity index is 2.36. The summed E-state index contributed by atoms with van der Waals surface area (Å²) in [6.07, 6.45) is 0. The molecule has 3 N–H and O–H groups in total. The zero-order valence-corrected chi connectivity index (χ0v) is 11.1. The lowest BCUT2D eigenvalue weighted by Crippen LogP contribution is -2.32. The predicted molar refractivity (Wildman–Crippen MR) is 72.8 cm³/mol. The highest BCUT2D eigenvalue weighted by Crippen LogP contribution is 2.28. The second-order valence-corrected chi connectivity index (χ2v) is 5.24. The van der Waals surface area contributed by atoms with Crippen molar-refractivity contribution in [2.75, 3.05) is 5.75 Å². The molecule has 1 aromatic heterocycles. The second kappa shape index (κ2) is 5.54. The van der Waals surface area contributed by atoms with Crippen molar-refractivity contribution in [2.45, 2.75) is 17.9 Å². The fourth-order valence-corrected chi connectivity index (χ4v) is 2.74. The number of carboxylic acids is 1. The number of carbonyl (C=O) groups is 1. The Morgan fingerprint density at radius 1 is 1.53 bits per heavy atom. The highest BCUT2D eigenvalue weighted by atomic mass is 32.2. The minimum atomic E-state index is -1.05. The number of aliphatic carboxylic acids is 1. The number of carboxylic acid groups (broad SMARTS) is 1. The van der Waals surface area contributed by atoms with Gasteiger partial charge in [-0.25, -0.2) is 4.39 Å². The Morgan fingerprint density at radius 2 is 2.26 bits per heavy atom. The van der Waals surface area contributed by atoms with Crippen LogP contribution in [0.15, 0.2) is 29.2 Å². The van der Waals surface area contributed by atoms with Crippen LogP contribution >= 0.6 is 11.8 Å². The first-order valence-corrected chi connectivity index (χ1v) is 6.64. The van der Waals surface area contributed by atoms with Gasteiger partial charge in [0.2, 0.25) is 0 Å². The van der Waals surface area contributed by atoms with E-state index in [-0.39, 0.29) is 11.6 Å². The molecule has 0 unspecified atom stereocenters. The minimum absolute atomic E-state index is 0.227. The zero-order chi connectivity index (χ0) is 14.0. The Labute approximate surface area is 113 Å². The average molecular weight is 280 g/mol. The Morgan fingerprint density at radius 3 is 2.95 bits per heavy atom. The molecule has 1 atom stereocenters. The Bertz CT molecular complexity index is 633. The van der Waals surface area contributed by atoms with Gasteiger partial charge in [0.1, 0.15) is 11.9 Å². The number of pyridine rings is 1. The van der Waals surface area contributed by atoms with Crippen LogP contribution in [0.2, 0.25) is 0 Å². The molecule has 0 aliphatic carbocycles. The number of halogens is 1. The van der Waals surface area contributed by atoms with E-state index in [0.29, 0.717) is 10.9 Å². The number of benzene rings is 1. The van der Waals surface area contributed by atoms with Crippen LogP contribution in [0.4, 0.5) is 4.39 Å². The number of aromatic nitrogens is 1. The molecule has 6 heteroatoms. The molecule has 100 valence electrons. The summed E-state index contributed by atoms with van der Waals surface area (Å²) in [5.74, 6) is -1.17. The maximum absolute atomic E-state index is 13.3. The third-order valence-electron chi connectivity index (χ3n) is 2.60. The summed E-state index contributed by atoms with van der Waals surface area (Å²) in [6.45, 7) is 1.84. The topological polar surface area (TPSA) is 76.2 Å². The number of rotatable bonds is 4. The van der Waals surface area contributed by atoms with Gasteiger partial charge in [0.15, 0.2) is 0 Å². The van der Waals surface area contributed by atoms with Crippen LogP contribution in [0, 0.1) is 12.7 Å². The molecule has 0 aliphatic rings. The maximum Gasteiger partial charge on any atom is 0.321 e. The first-order chi connectivity index (χ1) is 8.97. The van der Waals surface area contributed by atoms with Gasteiger partial charge in [0, 0.05) is 21.7 Å². The lowest BCUT2D eigenvalue weighted by Gasteiger charge is -2.09. The summed E-state index contributed by atoms with van der Waals surface area (Å²) >= 11 is 1.30. The van der Waals surface area contributed by atoms with Gasteiger partial charge >= 0.3 is 5.97 Å². The number of aryl methyl sites for hydroxylation is 1.